The fourth-order valence-corrected chi connectivity index (χ4v) is 6.96. The molecule has 2 amide bonds. The summed E-state index contributed by atoms with van der Waals surface area (Å²) >= 11 is 0. The number of carbonyl (C=O) groups excluding carboxylic acids is 3. The Labute approximate surface area is 224 Å². The largest absolute Gasteiger partial charge is 0.465 e. The van der Waals surface area contributed by atoms with Crippen molar-refractivity contribution in [1.29, 1.82) is 0 Å². The molecule has 0 saturated carbocycles. The van der Waals surface area contributed by atoms with E-state index in [1.165, 1.54) is 4.90 Å². The first kappa shape index (κ1) is 27.3. The summed E-state index contributed by atoms with van der Waals surface area (Å²) in [6.07, 6.45) is 10.1. The second kappa shape index (κ2) is 11.1. The van der Waals surface area contributed by atoms with Crippen molar-refractivity contribution in [2.24, 2.45) is 11.8 Å². The molecule has 0 bridgehead atoms. The van der Waals surface area contributed by atoms with Crippen LogP contribution in [-0.4, -0.2) is 120 Å². The highest BCUT2D eigenvalue weighted by molar-refractivity contribution is 5.99. The lowest BCUT2D eigenvalue weighted by atomic mass is 9.73. The molecule has 5 rings (SSSR count). The lowest BCUT2D eigenvalue weighted by molar-refractivity contribution is -0.163. The zero-order valence-corrected chi connectivity index (χ0v) is 22.5. The number of likely N-dealkylation sites (tertiary alicyclic amines) is 1. The Morgan fingerprint density at radius 2 is 1.82 bits per heavy atom. The van der Waals surface area contributed by atoms with Crippen molar-refractivity contribution in [1.82, 2.24) is 14.7 Å². The van der Waals surface area contributed by atoms with Crippen LogP contribution in [0.5, 0.6) is 0 Å². The van der Waals surface area contributed by atoms with Crippen molar-refractivity contribution >= 4 is 17.8 Å². The van der Waals surface area contributed by atoms with Crippen LogP contribution in [0.1, 0.15) is 39.5 Å². The first-order chi connectivity index (χ1) is 18.4. The third-order valence-corrected chi connectivity index (χ3v) is 9.02. The molecule has 0 radical (unpaired) electrons. The van der Waals surface area contributed by atoms with Gasteiger partial charge in [-0.15, -0.1) is 0 Å². The van der Waals surface area contributed by atoms with Gasteiger partial charge in [-0.05, 0) is 25.7 Å². The summed E-state index contributed by atoms with van der Waals surface area (Å²) in [4.78, 5) is 47.8. The minimum atomic E-state index is -1.33. The number of aliphatic hydroxyl groups is 1. The van der Waals surface area contributed by atoms with E-state index in [4.69, 9.17) is 14.2 Å². The van der Waals surface area contributed by atoms with E-state index in [9.17, 15) is 19.5 Å². The molecule has 5 aliphatic heterocycles. The molecule has 0 aliphatic carbocycles. The monoisotopic (exact) mass is 531 g/mol. The van der Waals surface area contributed by atoms with Gasteiger partial charge in [0.25, 0.3) is 0 Å². The van der Waals surface area contributed by atoms with Gasteiger partial charge < -0.3 is 29.1 Å². The quantitative estimate of drug-likeness (QED) is 0.379. The Balaban J connectivity index is 1.56. The van der Waals surface area contributed by atoms with E-state index in [1.54, 1.807) is 4.90 Å². The number of aliphatic hydroxyl groups excluding tert-OH is 1. The summed E-state index contributed by atoms with van der Waals surface area (Å²) in [6.45, 7) is 8.41. The Kier molecular flexibility index (Phi) is 7.96. The average molecular weight is 532 g/mol. The number of cyclic esters (lactones) is 1. The fraction of sp³-hybridized carbons (Fsp3) is 0.750. The summed E-state index contributed by atoms with van der Waals surface area (Å²) in [5.41, 5.74) is -2.38. The van der Waals surface area contributed by atoms with Gasteiger partial charge in [0.15, 0.2) is 0 Å². The van der Waals surface area contributed by atoms with Crippen molar-refractivity contribution in [3.8, 4) is 0 Å². The van der Waals surface area contributed by atoms with E-state index < -0.39 is 41.1 Å². The van der Waals surface area contributed by atoms with E-state index in [-0.39, 0.29) is 25.0 Å². The van der Waals surface area contributed by atoms with Gasteiger partial charge in [-0.1, -0.05) is 38.2 Å². The number of allylic oxidation sites excluding steroid dienone is 1. The van der Waals surface area contributed by atoms with Crippen LogP contribution in [0.25, 0.3) is 0 Å². The normalized spacial score (nSPS) is 37.4. The van der Waals surface area contributed by atoms with Crippen LogP contribution in [0, 0.1) is 11.8 Å². The standard InChI is InChI=1S/C28H41N3O7/c1-3-20(19-32)31-23-25(34)30(13-12-29-14-17-36-18-15-29)11-8-10-28(23)21(24(31)33)22-26(35)37-16-7-5-6-9-27(22,4-2)38-28/h6,8-10,20-23,32H,3-5,7,11-19H2,1-2H3/b9-6-/t20-,21-,22+,23?,27-,28-/m0/s1. The van der Waals surface area contributed by atoms with E-state index in [0.717, 1.165) is 19.5 Å². The van der Waals surface area contributed by atoms with Gasteiger partial charge in [-0.25, -0.2) is 0 Å². The lowest BCUT2D eigenvalue weighted by Crippen LogP contribution is -2.59. The molecule has 5 aliphatic rings. The molecule has 3 fully saturated rings. The van der Waals surface area contributed by atoms with Crippen LogP contribution < -0.4 is 0 Å². The van der Waals surface area contributed by atoms with Crippen molar-refractivity contribution in [2.45, 2.75) is 62.8 Å². The average Bonchev–Trinajstić information content (AvgIpc) is 3.31. The minimum Gasteiger partial charge on any atom is -0.465 e. The SMILES string of the molecule is CC[C@@H](CO)N1C(=O)[C@@H]2[C@@H]3C(=O)OCCC/C=C\[C@]3(CC)O[C@@]23C=CCN(CCN2CCOCC2)C(=O)C13. The molecule has 0 aromatic carbocycles. The van der Waals surface area contributed by atoms with Crippen LogP contribution in [0.15, 0.2) is 24.3 Å². The smallest absolute Gasteiger partial charge is 0.313 e. The lowest BCUT2D eigenvalue weighted by Gasteiger charge is -2.41. The number of ether oxygens (including phenoxy) is 3. The summed E-state index contributed by atoms with van der Waals surface area (Å²) in [6, 6.07) is -1.53. The van der Waals surface area contributed by atoms with Crippen molar-refractivity contribution in [3.63, 3.8) is 0 Å². The van der Waals surface area contributed by atoms with Gasteiger partial charge in [0.1, 0.15) is 23.2 Å². The van der Waals surface area contributed by atoms with Crippen molar-refractivity contribution in [3.05, 3.63) is 24.3 Å². The van der Waals surface area contributed by atoms with Crippen LogP contribution >= 0.6 is 0 Å². The van der Waals surface area contributed by atoms with Gasteiger partial charge in [0.2, 0.25) is 11.8 Å². The minimum absolute atomic E-state index is 0.207. The highest BCUT2D eigenvalue weighted by atomic mass is 16.6. The van der Waals surface area contributed by atoms with E-state index in [2.05, 4.69) is 4.90 Å². The molecule has 1 N–H and O–H groups in total. The van der Waals surface area contributed by atoms with Crippen LogP contribution in [0.3, 0.4) is 0 Å². The molecule has 1 spiro atoms. The Morgan fingerprint density at radius 3 is 2.53 bits per heavy atom. The van der Waals surface area contributed by atoms with Gasteiger partial charge in [0.05, 0.1) is 38.4 Å². The van der Waals surface area contributed by atoms with E-state index >= 15 is 0 Å². The number of rotatable bonds is 7. The maximum absolute atomic E-state index is 14.4. The zero-order valence-electron chi connectivity index (χ0n) is 22.5. The summed E-state index contributed by atoms with van der Waals surface area (Å²) in [7, 11) is 0. The molecular weight excluding hydrogens is 490 g/mol. The third-order valence-electron chi connectivity index (χ3n) is 9.02. The summed E-state index contributed by atoms with van der Waals surface area (Å²) in [5, 5.41) is 10.3. The predicted octanol–water partition coefficient (Wildman–Crippen LogP) is 0.742. The molecule has 10 heteroatoms. The molecular formula is C28H41N3O7. The maximum Gasteiger partial charge on any atom is 0.313 e. The molecule has 6 atom stereocenters. The van der Waals surface area contributed by atoms with Crippen LogP contribution in [-0.2, 0) is 28.6 Å². The summed E-state index contributed by atoms with van der Waals surface area (Å²) < 4.78 is 18.0. The third kappa shape index (κ3) is 4.39. The molecule has 0 aromatic rings. The number of fused-ring (bicyclic) bond motifs is 2. The van der Waals surface area contributed by atoms with E-state index in [1.807, 2.05) is 38.2 Å². The zero-order chi connectivity index (χ0) is 26.9. The first-order valence-electron chi connectivity index (χ1n) is 14.2. The molecule has 3 saturated heterocycles. The Morgan fingerprint density at radius 1 is 1.03 bits per heavy atom. The van der Waals surface area contributed by atoms with Gasteiger partial charge in [0, 0.05) is 32.7 Å². The topological polar surface area (TPSA) is 109 Å². The van der Waals surface area contributed by atoms with Gasteiger partial charge in [-0.2, -0.15) is 0 Å². The van der Waals surface area contributed by atoms with E-state index in [0.29, 0.717) is 52.1 Å². The van der Waals surface area contributed by atoms with Crippen LogP contribution in [0.2, 0.25) is 0 Å². The number of carbonyl (C=O) groups is 3. The highest BCUT2D eigenvalue weighted by Crippen LogP contribution is 2.58. The number of esters is 1. The highest BCUT2D eigenvalue weighted by Gasteiger charge is 2.75. The second-order valence-electron chi connectivity index (χ2n) is 11.0. The first-order valence-corrected chi connectivity index (χ1v) is 14.2. The maximum atomic E-state index is 14.4. The number of nitrogens with zero attached hydrogens (tertiary/aromatic N) is 3. The number of hydrogen-bond donors (Lipinski definition) is 1. The fourth-order valence-electron chi connectivity index (χ4n) is 6.96. The molecule has 0 aromatic heterocycles. The Bertz CT molecular complexity index is 975. The molecule has 38 heavy (non-hydrogen) atoms. The van der Waals surface area contributed by atoms with Crippen molar-refractivity contribution < 1.29 is 33.7 Å². The summed E-state index contributed by atoms with van der Waals surface area (Å²) in [5.74, 6) is -2.78. The molecule has 10 nitrogen and oxygen atoms in total. The molecule has 210 valence electrons. The number of morpholine rings is 1. The van der Waals surface area contributed by atoms with Crippen LogP contribution in [0.4, 0.5) is 0 Å². The molecule has 5 heterocycles. The Hall–Kier alpha value is -2.27. The molecule has 1 unspecified atom stereocenters. The number of amides is 2. The number of hydrogen-bond acceptors (Lipinski definition) is 8. The van der Waals surface area contributed by atoms with Gasteiger partial charge >= 0.3 is 5.97 Å². The second-order valence-corrected chi connectivity index (χ2v) is 11.0. The van der Waals surface area contributed by atoms with Gasteiger partial charge in [-0.3, -0.25) is 19.3 Å². The van der Waals surface area contributed by atoms with Crippen molar-refractivity contribution in [2.75, 3.05) is 59.2 Å². The predicted molar refractivity (Wildman–Crippen MR) is 138 cm³/mol.